The number of benzene rings is 1. The Morgan fingerprint density at radius 2 is 1.87 bits per heavy atom. The van der Waals surface area contributed by atoms with E-state index in [0.29, 0.717) is 28.7 Å². The molecule has 0 amide bonds. The van der Waals surface area contributed by atoms with Crippen molar-refractivity contribution in [2.75, 3.05) is 0 Å². The number of pyridine rings is 1. The number of carbonyl (C=O) groups is 1. The molecule has 1 aromatic carbocycles. The van der Waals surface area contributed by atoms with Gasteiger partial charge in [-0.15, -0.1) is 0 Å². The molecule has 0 saturated carbocycles. The normalized spacial score (nSPS) is 11.2. The Hall–Kier alpha value is -3.81. The first-order valence-corrected chi connectivity index (χ1v) is 10.1. The Morgan fingerprint density at radius 1 is 1.10 bits per heavy atom. The number of rotatable bonds is 6. The standard InChI is InChI=1S/C23H22N4O4/c1-3-4-11-27-22(29)18-8-6-5-7-17(18)21(25-27)23(30)31-14-16-12-20(28)26-13-15(2)9-10-19(26)24-16/h5-10,12-13H,3-4,11,14H2,1-2H3. The molecule has 0 unspecified atom stereocenters. The van der Waals surface area contributed by atoms with Crippen LogP contribution >= 0.6 is 0 Å². The van der Waals surface area contributed by atoms with Gasteiger partial charge in [0.05, 0.1) is 11.1 Å². The third kappa shape index (κ3) is 4.09. The molecule has 0 bridgehead atoms. The van der Waals surface area contributed by atoms with Crippen molar-refractivity contribution in [3.8, 4) is 0 Å². The third-order valence-electron chi connectivity index (χ3n) is 5.00. The second kappa shape index (κ2) is 8.51. The highest BCUT2D eigenvalue weighted by molar-refractivity contribution is 6.02. The summed E-state index contributed by atoms with van der Waals surface area (Å²) in [6.07, 6.45) is 3.36. The topological polar surface area (TPSA) is 95.6 Å². The lowest BCUT2D eigenvalue weighted by Crippen LogP contribution is -2.26. The molecule has 4 aromatic rings. The van der Waals surface area contributed by atoms with Crippen LogP contribution in [0.4, 0.5) is 0 Å². The van der Waals surface area contributed by atoms with Crippen LogP contribution in [0.15, 0.2) is 58.3 Å². The number of unbranched alkanes of at least 4 members (excludes halogenated alkanes) is 1. The first-order chi connectivity index (χ1) is 15.0. The highest BCUT2D eigenvalue weighted by Crippen LogP contribution is 2.15. The summed E-state index contributed by atoms with van der Waals surface area (Å²) in [4.78, 5) is 42.3. The van der Waals surface area contributed by atoms with Gasteiger partial charge in [-0.05, 0) is 31.0 Å². The molecular weight excluding hydrogens is 396 g/mol. The SMILES string of the molecule is CCCCn1nc(C(=O)OCc2cc(=O)n3cc(C)ccc3n2)c2ccccc2c1=O. The Kier molecular flexibility index (Phi) is 5.62. The zero-order valence-electron chi connectivity index (χ0n) is 17.4. The largest absolute Gasteiger partial charge is 0.454 e. The zero-order chi connectivity index (χ0) is 22.0. The number of hydrogen-bond acceptors (Lipinski definition) is 6. The van der Waals surface area contributed by atoms with E-state index in [0.717, 1.165) is 18.4 Å². The first kappa shape index (κ1) is 20.5. The van der Waals surface area contributed by atoms with Crippen molar-refractivity contribution in [1.82, 2.24) is 19.2 Å². The maximum absolute atomic E-state index is 12.9. The van der Waals surface area contributed by atoms with Crippen LogP contribution < -0.4 is 11.1 Å². The van der Waals surface area contributed by atoms with Gasteiger partial charge in [0.2, 0.25) is 0 Å². The summed E-state index contributed by atoms with van der Waals surface area (Å²) in [5, 5.41) is 5.12. The third-order valence-corrected chi connectivity index (χ3v) is 5.00. The van der Waals surface area contributed by atoms with Crippen molar-refractivity contribution in [1.29, 1.82) is 0 Å². The number of nitrogens with zero attached hydrogens (tertiary/aromatic N) is 4. The Balaban J connectivity index is 1.65. The van der Waals surface area contributed by atoms with Crippen molar-refractivity contribution in [3.05, 3.63) is 86.3 Å². The van der Waals surface area contributed by atoms with Gasteiger partial charge in [-0.1, -0.05) is 37.6 Å². The molecular formula is C23H22N4O4. The molecule has 0 saturated heterocycles. The van der Waals surface area contributed by atoms with E-state index < -0.39 is 5.97 Å². The molecule has 0 radical (unpaired) electrons. The average molecular weight is 418 g/mol. The zero-order valence-corrected chi connectivity index (χ0v) is 17.4. The van der Waals surface area contributed by atoms with Gasteiger partial charge < -0.3 is 4.74 Å². The fourth-order valence-electron chi connectivity index (χ4n) is 3.39. The number of aryl methyl sites for hydroxylation is 2. The molecule has 0 spiro atoms. The second-order valence-electron chi connectivity index (χ2n) is 7.37. The molecule has 0 atom stereocenters. The minimum absolute atomic E-state index is 0.0689. The highest BCUT2D eigenvalue weighted by atomic mass is 16.5. The minimum Gasteiger partial charge on any atom is -0.454 e. The lowest BCUT2D eigenvalue weighted by Gasteiger charge is -2.11. The van der Waals surface area contributed by atoms with Crippen molar-refractivity contribution >= 4 is 22.4 Å². The first-order valence-electron chi connectivity index (χ1n) is 10.1. The van der Waals surface area contributed by atoms with E-state index in [-0.39, 0.29) is 23.4 Å². The summed E-state index contributed by atoms with van der Waals surface area (Å²) in [6, 6.07) is 11.8. The van der Waals surface area contributed by atoms with Gasteiger partial charge in [-0.3, -0.25) is 14.0 Å². The molecule has 3 aromatic heterocycles. The van der Waals surface area contributed by atoms with E-state index >= 15 is 0 Å². The van der Waals surface area contributed by atoms with Crippen LogP contribution in [-0.4, -0.2) is 25.1 Å². The summed E-state index contributed by atoms with van der Waals surface area (Å²) in [6.45, 7) is 4.14. The van der Waals surface area contributed by atoms with Gasteiger partial charge in [0.1, 0.15) is 12.3 Å². The molecule has 158 valence electrons. The molecule has 8 nitrogen and oxygen atoms in total. The number of esters is 1. The average Bonchev–Trinajstić information content (AvgIpc) is 2.77. The highest BCUT2D eigenvalue weighted by Gasteiger charge is 2.18. The minimum atomic E-state index is -0.674. The van der Waals surface area contributed by atoms with E-state index in [1.807, 2.05) is 19.9 Å². The maximum Gasteiger partial charge on any atom is 0.359 e. The van der Waals surface area contributed by atoms with Gasteiger partial charge in [-0.25, -0.2) is 14.5 Å². The van der Waals surface area contributed by atoms with Crippen LogP contribution in [0.3, 0.4) is 0 Å². The molecule has 0 aliphatic heterocycles. The van der Waals surface area contributed by atoms with Crippen molar-refractivity contribution in [2.24, 2.45) is 0 Å². The van der Waals surface area contributed by atoms with Gasteiger partial charge in [0, 0.05) is 24.2 Å². The van der Waals surface area contributed by atoms with E-state index in [9.17, 15) is 14.4 Å². The molecule has 0 aliphatic rings. The molecule has 3 heterocycles. The van der Waals surface area contributed by atoms with Crippen molar-refractivity contribution in [2.45, 2.75) is 39.8 Å². The van der Waals surface area contributed by atoms with Gasteiger partial charge in [0.15, 0.2) is 5.69 Å². The second-order valence-corrected chi connectivity index (χ2v) is 7.37. The number of hydrogen-bond donors (Lipinski definition) is 0. The van der Waals surface area contributed by atoms with Crippen LogP contribution in [0, 0.1) is 6.92 Å². The fraction of sp³-hybridized carbons (Fsp3) is 0.261. The van der Waals surface area contributed by atoms with Crippen LogP contribution in [0.1, 0.15) is 41.5 Å². The maximum atomic E-state index is 12.9. The van der Waals surface area contributed by atoms with Gasteiger partial charge >= 0.3 is 5.97 Å². The quantitative estimate of drug-likeness (QED) is 0.447. The van der Waals surface area contributed by atoms with Crippen molar-refractivity contribution in [3.63, 3.8) is 0 Å². The summed E-state index contributed by atoms with van der Waals surface area (Å²) >= 11 is 0. The predicted molar refractivity (Wildman–Crippen MR) is 116 cm³/mol. The lowest BCUT2D eigenvalue weighted by molar-refractivity contribution is 0.0460. The van der Waals surface area contributed by atoms with Gasteiger partial charge in [-0.2, -0.15) is 5.10 Å². The smallest absolute Gasteiger partial charge is 0.359 e. The summed E-state index contributed by atoms with van der Waals surface area (Å²) in [5.74, 6) is -0.674. The van der Waals surface area contributed by atoms with E-state index in [4.69, 9.17) is 4.74 Å². The Morgan fingerprint density at radius 3 is 2.65 bits per heavy atom. The molecule has 8 heteroatoms. The van der Waals surface area contributed by atoms with Crippen LogP contribution in [-0.2, 0) is 17.9 Å². The monoisotopic (exact) mass is 418 g/mol. The summed E-state index contributed by atoms with van der Waals surface area (Å²) in [5.41, 5.74) is 1.33. The fourth-order valence-corrected chi connectivity index (χ4v) is 3.39. The van der Waals surface area contributed by atoms with Crippen LogP contribution in [0.25, 0.3) is 16.4 Å². The Bertz CT molecular complexity index is 1400. The number of carbonyl (C=O) groups excluding carboxylic acids is 1. The van der Waals surface area contributed by atoms with Crippen molar-refractivity contribution < 1.29 is 9.53 Å². The van der Waals surface area contributed by atoms with Gasteiger partial charge in [0.25, 0.3) is 11.1 Å². The summed E-state index contributed by atoms with van der Waals surface area (Å²) in [7, 11) is 0. The molecule has 4 rings (SSSR count). The summed E-state index contributed by atoms with van der Waals surface area (Å²) < 4.78 is 8.18. The molecule has 0 fully saturated rings. The molecule has 31 heavy (non-hydrogen) atoms. The molecule has 0 N–H and O–H groups in total. The van der Waals surface area contributed by atoms with E-state index in [2.05, 4.69) is 10.1 Å². The number of ether oxygens (including phenoxy) is 1. The Labute approximate surface area is 177 Å². The van der Waals surface area contributed by atoms with Crippen LogP contribution in [0.2, 0.25) is 0 Å². The molecule has 0 aliphatic carbocycles. The van der Waals surface area contributed by atoms with E-state index in [1.165, 1.54) is 15.1 Å². The van der Waals surface area contributed by atoms with Crippen LogP contribution in [0.5, 0.6) is 0 Å². The van der Waals surface area contributed by atoms with E-state index in [1.54, 1.807) is 36.5 Å². The number of aromatic nitrogens is 4. The predicted octanol–water partition coefficient (Wildman–Crippen LogP) is 2.87. The number of fused-ring (bicyclic) bond motifs is 2. The lowest BCUT2D eigenvalue weighted by atomic mass is 10.1.